The highest BCUT2D eigenvalue weighted by atomic mass is 31.2. The van der Waals surface area contributed by atoms with Crippen LogP contribution in [0.1, 0.15) is 351 Å². The van der Waals surface area contributed by atoms with Crippen molar-refractivity contribution in [3.63, 3.8) is 0 Å². The normalized spacial score (nSPS) is 14.6. The molecular formula is C71H138O17P2. The van der Waals surface area contributed by atoms with E-state index >= 15 is 0 Å². The maximum atomic E-state index is 13.0. The smallest absolute Gasteiger partial charge is 0.462 e. The lowest BCUT2D eigenvalue weighted by molar-refractivity contribution is -0.161. The van der Waals surface area contributed by atoms with E-state index < -0.39 is 97.5 Å². The van der Waals surface area contributed by atoms with Crippen LogP contribution < -0.4 is 0 Å². The molecule has 3 N–H and O–H groups in total. The average molecular weight is 1330 g/mol. The van der Waals surface area contributed by atoms with E-state index in [-0.39, 0.29) is 25.7 Å². The van der Waals surface area contributed by atoms with Gasteiger partial charge in [0.1, 0.15) is 19.3 Å². The second-order valence-electron chi connectivity index (χ2n) is 27.3. The fourth-order valence-corrected chi connectivity index (χ4v) is 12.2. The zero-order chi connectivity index (χ0) is 66.8. The lowest BCUT2D eigenvalue weighted by atomic mass is 9.99. The zero-order valence-electron chi connectivity index (χ0n) is 58.8. The van der Waals surface area contributed by atoms with Crippen molar-refractivity contribution in [2.24, 2.45) is 23.7 Å². The molecule has 534 valence electrons. The van der Waals surface area contributed by atoms with Gasteiger partial charge in [0.2, 0.25) is 0 Å². The molecule has 6 atom stereocenters. The highest BCUT2D eigenvalue weighted by Gasteiger charge is 2.30. The Morgan fingerprint density at radius 3 is 0.789 bits per heavy atom. The molecule has 0 aromatic rings. The zero-order valence-corrected chi connectivity index (χ0v) is 60.6. The average Bonchev–Trinajstić information content (AvgIpc) is 3.71. The molecule has 0 aliphatic heterocycles. The highest BCUT2D eigenvalue weighted by molar-refractivity contribution is 7.47. The molecule has 17 nitrogen and oxygen atoms in total. The number of hydrogen-bond donors (Lipinski definition) is 3. The Labute approximate surface area is 549 Å². The number of ether oxygens (including phenoxy) is 4. The molecule has 0 spiro atoms. The SMILES string of the molecule is CCC(C)CCCCCCCCCCC(=O)O[C@H](COC(=O)CCCCCCCCCC(C)C)COP(=O)(O)OCC(O)COP(=O)(O)OC[C@@H](COC(=O)CCCCCCCCCCC(C)C)OC(=O)CCCCCCCCCCCCCCCCC(C)C. The van der Waals surface area contributed by atoms with E-state index in [9.17, 15) is 43.2 Å². The van der Waals surface area contributed by atoms with E-state index in [0.29, 0.717) is 31.6 Å². The third-order valence-corrected chi connectivity index (χ3v) is 18.6. The van der Waals surface area contributed by atoms with Crippen LogP contribution in [0.25, 0.3) is 0 Å². The van der Waals surface area contributed by atoms with E-state index in [1.807, 2.05) is 0 Å². The van der Waals surface area contributed by atoms with Gasteiger partial charge in [-0.15, -0.1) is 0 Å². The number of phosphoric ester groups is 2. The van der Waals surface area contributed by atoms with Crippen molar-refractivity contribution >= 4 is 39.5 Å². The number of carbonyl (C=O) groups excluding carboxylic acids is 4. The first-order chi connectivity index (χ1) is 43.1. The minimum Gasteiger partial charge on any atom is -0.462 e. The highest BCUT2D eigenvalue weighted by Crippen LogP contribution is 2.45. The largest absolute Gasteiger partial charge is 0.472 e. The molecule has 19 heteroatoms. The first-order valence-electron chi connectivity index (χ1n) is 36.7. The molecule has 0 aromatic heterocycles. The summed E-state index contributed by atoms with van der Waals surface area (Å²) in [5.41, 5.74) is 0. The van der Waals surface area contributed by atoms with Gasteiger partial charge in [-0.05, 0) is 49.4 Å². The van der Waals surface area contributed by atoms with Crippen molar-refractivity contribution < 1.29 is 80.2 Å². The van der Waals surface area contributed by atoms with E-state index in [0.717, 1.165) is 114 Å². The molecule has 0 saturated heterocycles. The molecule has 4 unspecified atom stereocenters. The lowest BCUT2D eigenvalue weighted by Crippen LogP contribution is -2.30. The molecule has 90 heavy (non-hydrogen) atoms. The van der Waals surface area contributed by atoms with E-state index in [2.05, 4.69) is 55.4 Å². The van der Waals surface area contributed by atoms with Crippen molar-refractivity contribution in [1.82, 2.24) is 0 Å². The quantitative estimate of drug-likeness (QED) is 0.0222. The summed E-state index contributed by atoms with van der Waals surface area (Å²) in [7, 11) is -9.90. The topological polar surface area (TPSA) is 237 Å². The number of rotatable bonds is 68. The van der Waals surface area contributed by atoms with Gasteiger partial charge in [-0.1, -0.05) is 299 Å². The molecule has 0 amide bonds. The van der Waals surface area contributed by atoms with Gasteiger partial charge in [-0.25, -0.2) is 9.13 Å². The predicted molar refractivity (Wildman–Crippen MR) is 363 cm³/mol. The third kappa shape index (κ3) is 63.5. The van der Waals surface area contributed by atoms with Gasteiger partial charge in [0.15, 0.2) is 12.2 Å². The van der Waals surface area contributed by atoms with Crippen LogP contribution in [0.4, 0.5) is 0 Å². The summed E-state index contributed by atoms with van der Waals surface area (Å²) in [4.78, 5) is 72.6. The predicted octanol–water partition coefficient (Wildman–Crippen LogP) is 20.1. The second-order valence-corrected chi connectivity index (χ2v) is 30.2. The van der Waals surface area contributed by atoms with Crippen molar-refractivity contribution in [2.45, 2.75) is 369 Å². The molecular weight excluding hydrogens is 1190 g/mol. The van der Waals surface area contributed by atoms with Crippen LogP contribution >= 0.6 is 15.6 Å². The van der Waals surface area contributed by atoms with E-state index in [1.54, 1.807) is 0 Å². The summed E-state index contributed by atoms with van der Waals surface area (Å²) in [6.07, 6.45) is 43.1. The van der Waals surface area contributed by atoms with Crippen LogP contribution in [0.2, 0.25) is 0 Å². The number of aliphatic hydroxyl groups is 1. The lowest BCUT2D eigenvalue weighted by Gasteiger charge is -2.21. The standard InChI is InChI=1S/C71H138O17P2/c1-9-64(8)50-42-34-26-19-21-29-38-46-54-71(76)88-67(58-82-69(74)52-44-36-30-22-25-33-41-49-63(6)7)60-86-90(79,80)84-56-65(72)55-83-89(77,78)85-59-66(57-81-68(73)51-43-35-27-20-18-24-32-40-48-62(4)5)87-70(75)53-45-37-28-17-15-13-11-10-12-14-16-23-31-39-47-61(2)3/h61-67,72H,9-60H2,1-8H3,(H,77,78)(H,79,80)/t64?,65?,66-,67-/m1/s1. The molecule has 0 aromatic carbocycles. The van der Waals surface area contributed by atoms with Gasteiger partial charge in [-0.2, -0.15) is 0 Å². The number of unbranched alkanes of at least 4 members (excludes halogenated alkanes) is 33. The number of esters is 4. The Hall–Kier alpha value is -1.94. The van der Waals surface area contributed by atoms with Crippen molar-refractivity contribution in [3.05, 3.63) is 0 Å². The summed E-state index contributed by atoms with van der Waals surface area (Å²) in [6, 6.07) is 0. The van der Waals surface area contributed by atoms with Gasteiger partial charge < -0.3 is 33.8 Å². The van der Waals surface area contributed by atoms with E-state index in [4.69, 9.17) is 37.0 Å². The molecule has 0 aliphatic carbocycles. The Balaban J connectivity index is 5.24. The molecule has 0 rings (SSSR count). The molecule has 0 fully saturated rings. The molecule has 0 bridgehead atoms. The van der Waals surface area contributed by atoms with Crippen LogP contribution in [0, 0.1) is 23.7 Å². The van der Waals surface area contributed by atoms with Crippen LogP contribution in [-0.2, 0) is 65.4 Å². The van der Waals surface area contributed by atoms with Crippen LogP contribution in [0.15, 0.2) is 0 Å². The fraction of sp³-hybridized carbons (Fsp3) is 0.944. The van der Waals surface area contributed by atoms with Gasteiger partial charge in [0.05, 0.1) is 26.4 Å². The minimum atomic E-state index is -4.95. The molecule has 0 heterocycles. The third-order valence-electron chi connectivity index (χ3n) is 16.7. The maximum Gasteiger partial charge on any atom is 0.472 e. The van der Waals surface area contributed by atoms with Crippen molar-refractivity contribution in [3.8, 4) is 0 Å². The van der Waals surface area contributed by atoms with Gasteiger partial charge in [-0.3, -0.25) is 37.3 Å². The number of carbonyl (C=O) groups is 4. The van der Waals surface area contributed by atoms with Crippen LogP contribution in [-0.4, -0.2) is 96.7 Å². The molecule has 0 radical (unpaired) electrons. The van der Waals surface area contributed by atoms with Crippen molar-refractivity contribution in [2.75, 3.05) is 39.6 Å². The second kappa shape index (κ2) is 60.7. The summed E-state index contributed by atoms with van der Waals surface area (Å²) in [5, 5.41) is 10.6. The van der Waals surface area contributed by atoms with Crippen LogP contribution in [0.5, 0.6) is 0 Å². The Bertz CT molecular complexity index is 1780. The number of aliphatic hydroxyl groups excluding tert-OH is 1. The maximum absolute atomic E-state index is 13.0. The number of hydrogen-bond acceptors (Lipinski definition) is 15. The first-order valence-corrected chi connectivity index (χ1v) is 39.7. The summed E-state index contributed by atoms with van der Waals surface area (Å²) >= 11 is 0. The first kappa shape index (κ1) is 88.1. The van der Waals surface area contributed by atoms with Gasteiger partial charge in [0.25, 0.3) is 0 Å². The summed E-state index contributed by atoms with van der Waals surface area (Å²) < 4.78 is 68.3. The van der Waals surface area contributed by atoms with Gasteiger partial charge in [0, 0.05) is 25.7 Å². The number of phosphoric acid groups is 2. The summed E-state index contributed by atoms with van der Waals surface area (Å²) in [5.74, 6) is 0.866. The van der Waals surface area contributed by atoms with E-state index in [1.165, 1.54) is 148 Å². The fourth-order valence-electron chi connectivity index (χ4n) is 10.6. The Morgan fingerprint density at radius 1 is 0.311 bits per heavy atom. The Morgan fingerprint density at radius 2 is 0.533 bits per heavy atom. The monoisotopic (exact) mass is 1320 g/mol. The van der Waals surface area contributed by atoms with Gasteiger partial charge >= 0.3 is 39.5 Å². The Kier molecular flexibility index (Phi) is 59.4. The molecule has 0 aliphatic rings. The van der Waals surface area contributed by atoms with Crippen molar-refractivity contribution in [1.29, 1.82) is 0 Å². The van der Waals surface area contributed by atoms with Crippen LogP contribution in [0.3, 0.4) is 0 Å². The summed E-state index contributed by atoms with van der Waals surface area (Å²) in [6.45, 7) is 14.1. The molecule has 0 saturated carbocycles. The minimum absolute atomic E-state index is 0.104.